The van der Waals surface area contributed by atoms with Crippen LogP contribution in [0.1, 0.15) is 19.8 Å². The number of aliphatic hydroxyl groups is 1. The predicted octanol–water partition coefficient (Wildman–Crippen LogP) is 0.238. The lowest BCUT2D eigenvalue weighted by Gasteiger charge is -2.34. The van der Waals surface area contributed by atoms with Crippen molar-refractivity contribution in [2.75, 3.05) is 29.5 Å². The summed E-state index contributed by atoms with van der Waals surface area (Å²) in [4.78, 5) is 10.2. The Balaban J connectivity index is 2.05. The number of rotatable bonds is 2. The molecule has 0 aliphatic carbocycles. The van der Waals surface area contributed by atoms with Gasteiger partial charge in [0.1, 0.15) is 11.6 Å². The van der Waals surface area contributed by atoms with Crippen LogP contribution in [0.2, 0.25) is 0 Å². The van der Waals surface area contributed by atoms with E-state index < -0.39 is 0 Å². The molecule has 94 valence electrons. The summed E-state index contributed by atoms with van der Waals surface area (Å²) in [5, 5.41) is 9.54. The Morgan fingerprint density at radius 1 is 1.35 bits per heavy atom. The summed E-state index contributed by atoms with van der Waals surface area (Å²) in [6.07, 6.45) is 1.68. The highest BCUT2D eigenvalue weighted by molar-refractivity contribution is 5.50. The zero-order valence-electron chi connectivity index (χ0n) is 10.0. The highest BCUT2D eigenvalue weighted by atomic mass is 16.3. The van der Waals surface area contributed by atoms with Crippen molar-refractivity contribution in [3.63, 3.8) is 0 Å². The second-order valence-corrected chi connectivity index (χ2v) is 4.57. The molecule has 1 aliphatic rings. The van der Waals surface area contributed by atoms with E-state index in [-0.39, 0.29) is 12.1 Å². The van der Waals surface area contributed by atoms with E-state index in [4.69, 9.17) is 11.5 Å². The van der Waals surface area contributed by atoms with Crippen LogP contribution in [0.4, 0.5) is 17.6 Å². The van der Waals surface area contributed by atoms with E-state index in [1.807, 2.05) is 6.92 Å². The minimum absolute atomic E-state index is 0.206. The van der Waals surface area contributed by atoms with Gasteiger partial charge in [0.25, 0.3) is 0 Å². The molecule has 1 fully saturated rings. The molecule has 0 radical (unpaired) electrons. The minimum Gasteiger partial charge on any atom is -0.393 e. The molecule has 2 rings (SSSR count). The number of piperidine rings is 1. The molecule has 0 aromatic carbocycles. The molecule has 6 nitrogen and oxygen atoms in total. The van der Waals surface area contributed by atoms with Crippen molar-refractivity contribution in [3.8, 4) is 0 Å². The third kappa shape index (κ3) is 2.76. The SMILES string of the molecule is CC(O)C1CCN(c2cc(N)nc(N)n2)CC1. The summed E-state index contributed by atoms with van der Waals surface area (Å²) in [5.74, 6) is 1.75. The van der Waals surface area contributed by atoms with Crippen molar-refractivity contribution in [1.82, 2.24) is 9.97 Å². The first-order valence-corrected chi connectivity index (χ1v) is 5.89. The molecule has 1 aromatic heterocycles. The van der Waals surface area contributed by atoms with E-state index in [1.165, 1.54) is 0 Å². The molecule has 1 aromatic rings. The van der Waals surface area contributed by atoms with Crippen LogP contribution in [-0.4, -0.2) is 34.3 Å². The van der Waals surface area contributed by atoms with E-state index in [0.29, 0.717) is 11.7 Å². The Morgan fingerprint density at radius 3 is 2.53 bits per heavy atom. The van der Waals surface area contributed by atoms with E-state index in [1.54, 1.807) is 6.07 Å². The normalized spacial score (nSPS) is 19.3. The number of aromatic nitrogens is 2. The van der Waals surface area contributed by atoms with Crippen molar-refractivity contribution < 1.29 is 5.11 Å². The van der Waals surface area contributed by atoms with Gasteiger partial charge in [-0.15, -0.1) is 0 Å². The van der Waals surface area contributed by atoms with Crippen LogP contribution >= 0.6 is 0 Å². The summed E-state index contributed by atoms with van der Waals surface area (Å²) in [6.45, 7) is 3.58. The first-order chi connectivity index (χ1) is 8.06. The summed E-state index contributed by atoms with van der Waals surface area (Å²) in [7, 11) is 0. The third-order valence-electron chi connectivity index (χ3n) is 3.30. The van der Waals surface area contributed by atoms with Gasteiger partial charge in [-0.05, 0) is 25.7 Å². The molecular formula is C11H19N5O. The Bertz CT molecular complexity index is 367. The van der Waals surface area contributed by atoms with Crippen LogP contribution < -0.4 is 16.4 Å². The molecule has 1 atom stereocenters. The third-order valence-corrected chi connectivity index (χ3v) is 3.30. The standard InChI is InChI=1S/C11H19N5O/c1-7(17)8-2-4-16(5-3-8)10-6-9(12)14-11(13)15-10/h6-8,17H,2-5H2,1H3,(H4,12,13,14,15). The molecular weight excluding hydrogens is 218 g/mol. The maximum Gasteiger partial charge on any atom is 0.223 e. The largest absolute Gasteiger partial charge is 0.393 e. The lowest BCUT2D eigenvalue weighted by Crippen LogP contribution is -2.37. The van der Waals surface area contributed by atoms with Crippen LogP contribution in [0, 0.1) is 5.92 Å². The Morgan fingerprint density at radius 2 is 2.00 bits per heavy atom. The zero-order chi connectivity index (χ0) is 12.4. The Labute approximate surface area is 101 Å². The average Bonchev–Trinajstić information content (AvgIpc) is 2.28. The monoisotopic (exact) mass is 237 g/mol. The topological polar surface area (TPSA) is 101 Å². The van der Waals surface area contributed by atoms with E-state index >= 15 is 0 Å². The maximum atomic E-state index is 9.54. The number of hydrogen-bond donors (Lipinski definition) is 3. The number of aliphatic hydroxyl groups excluding tert-OH is 1. The van der Waals surface area contributed by atoms with Crippen molar-refractivity contribution in [3.05, 3.63) is 6.07 Å². The van der Waals surface area contributed by atoms with E-state index in [0.717, 1.165) is 31.7 Å². The average molecular weight is 237 g/mol. The van der Waals surface area contributed by atoms with Gasteiger partial charge in [-0.25, -0.2) is 0 Å². The lowest BCUT2D eigenvalue weighted by atomic mass is 9.92. The number of anilines is 3. The molecule has 1 saturated heterocycles. The van der Waals surface area contributed by atoms with Gasteiger partial charge < -0.3 is 21.5 Å². The van der Waals surface area contributed by atoms with Crippen LogP contribution in [0.25, 0.3) is 0 Å². The van der Waals surface area contributed by atoms with Gasteiger partial charge in [0.15, 0.2) is 0 Å². The van der Waals surface area contributed by atoms with Gasteiger partial charge in [-0.3, -0.25) is 0 Å². The summed E-state index contributed by atoms with van der Waals surface area (Å²) in [6, 6.07) is 1.74. The van der Waals surface area contributed by atoms with Gasteiger partial charge in [0, 0.05) is 19.2 Å². The summed E-state index contributed by atoms with van der Waals surface area (Å²) < 4.78 is 0. The van der Waals surface area contributed by atoms with Crippen molar-refractivity contribution in [1.29, 1.82) is 0 Å². The molecule has 0 saturated carbocycles. The molecule has 17 heavy (non-hydrogen) atoms. The van der Waals surface area contributed by atoms with Gasteiger partial charge in [0.2, 0.25) is 5.95 Å². The fraction of sp³-hybridized carbons (Fsp3) is 0.636. The zero-order valence-corrected chi connectivity index (χ0v) is 10.0. The van der Waals surface area contributed by atoms with Crippen LogP contribution in [0.3, 0.4) is 0 Å². The Hall–Kier alpha value is -1.56. The second kappa shape index (κ2) is 4.75. The molecule has 1 aliphatic heterocycles. The van der Waals surface area contributed by atoms with Crippen LogP contribution in [0.5, 0.6) is 0 Å². The van der Waals surface area contributed by atoms with Gasteiger partial charge >= 0.3 is 0 Å². The first-order valence-electron chi connectivity index (χ1n) is 5.89. The molecule has 6 heteroatoms. The number of hydrogen-bond acceptors (Lipinski definition) is 6. The second-order valence-electron chi connectivity index (χ2n) is 4.57. The number of nitrogen functional groups attached to an aromatic ring is 2. The van der Waals surface area contributed by atoms with Crippen molar-refractivity contribution in [2.24, 2.45) is 5.92 Å². The highest BCUT2D eigenvalue weighted by Crippen LogP contribution is 2.25. The van der Waals surface area contributed by atoms with Crippen LogP contribution in [-0.2, 0) is 0 Å². The first kappa shape index (κ1) is 11.9. The predicted molar refractivity (Wildman–Crippen MR) is 67.5 cm³/mol. The van der Waals surface area contributed by atoms with Crippen molar-refractivity contribution >= 4 is 17.6 Å². The number of nitrogens with zero attached hydrogens (tertiary/aromatic N) is 3. The van der Waals surface area contributed by atoms with E-state index in [2.05, 4.69) is 14.9 Å². The lowest BCUT2D eigenvalue weighted by molar-refractivity contribution is 0.110. The molecule has 0 amide bonds. The van der Waals surface area contributed by atoms with Gasteiger partial charge in [-0.2, -0.15) is 9.97 Å². The van der Waals surface area contributed by atoms with Gasteiger partial charge in [0.05, 0.1) is 6.10 Å². The smallest absolute Gasteiger partial charge is 0.223 e. The molecule has 0 bridgehead atoms. The highest BCUT2D eigenvalue weighted by Gasteiger charge is 2.23. The summed E-state index contributed by atoms with van der Waals surface area (Å²) >= 11 is 0. The van der Waals surface area contributed by atoms with E-state index in [9.17, 15) is 5.11 Å². The quantitative estimate of drug-likeness (QED) is 0.681. The molecule has 2 heterocycles. The fourth-order valence-corrected chi connectivity index (χ4v) is 2.24. The molecule has 0 spiro atoms. The Kier molecular flexibility index (Phi) is 3.33. The number of nitrogens with two attached hydrogens (primary N) is 2. The van der Waals surface area contributed by atoms with Crippen molar-refractivity contribution in [2.45, 2.75) is 25.9 Å². The molecule has 5 N–H and O–H groups in total. The summed E-state index contributed by atoms with van der Waals surface area (Å²) in [5.41, 5.74) is 11.2. The minimum atomic E-state index is -0.238. The van der Waals surface area contributed by atoms with Gasteiger partial charge in [-0.1, -0.05) is 0 Å². The maximum absolute atomic E-state index is 9.54. The molecule has 1 unspecified atom stereocenters. The fourth-order valence-electron chi connectivity index (χ4n) is 2.24. The van der Waals surface area contributed by atoms with Crippen LogP contribution in [0.15, 0.2) is 6.07 Å².